The molecule has 0 aromatic heterocycles. The molecule has 1 amide bonds. The van der Waals surface area contributed by atoms with Gasteiger partial charge < -0.3 is 9.80 Å². The van der Waals surface area contributed by atoms with Gasteiger partial charge in [-0.25, -0.2) is 0 Å². The number of amides is 1. The summed E-state index contributed by atoms with van der Waals surface area (Å²) in [6, 6.07) is 28.9. The Labute approximate surface area is 160 Å². The predicted octanol–water partition coefficient (Wildman–Crippen LogP) is 2.89. The van der Waals surface area contributed by atoms with Crippen LogP contribution in [0.1, 0.15) is 15.9 Å². The Balaban J connectivity index is 1.32. The fourth-order valence-electron chi connectivity index (χ4n) is 3.70. The summed E-state index contributed by atoms with van der Waals surface area (Å²) in [7, 11) is 0. The standard InChI is InChI=1S/C24H24N2O/c27-24(23-9-5-2-6-10-23)26-17-15-25(16-18-26)19-20-11-13-22(14-12-20)21-7-3-1-4-8-21/h1-14H,15-19H2/p+1. The van der Waals surface area contributed by atoms with Gasteiger partial charge in [0, 0.05) is 11.1 Å². The second kappa shape index (κ2) is 8.19. The molecule has 136 valence electrons. The van der Waals surface area contributed by atoms with Crippen molar-refractivity contribution in [2.45, 2.75) is 6.54 Å². The molecule has 4 rings (SSSR count). The summed E-state index contributed by atoms with van der Waals surface area (Å²) >= 11 is 0. The van der Waals surface area contributed by atoms with Gasteiger partial charge in [-0.3, -0.25) is 4.79 Å². The van der Waals surface area contributed by atoms with Crippen LogP contribution in [0, 0.1) is 0 Å². The van der Waals surface area contributed by atoms with Crippen molar-refractivity contribution in [2.24, 2.45) is 0 Å². The van der Waals surface area contributed by atoms with Crippen LogP contribution in [0.2, 0.25) is 0 Å². The highest BCUT2D eigenvalue weighted by molar-refractivity contribution is 5.94. The minimum atomic E-state index is 0.155. The maximum absolute atomic E-state index is 12.6. The lowest BCUT2D eigenvalue weighted by atomic mass is 10.0. The number of nitrogens with zero attached hydrogens (tertiary/aromatic N) is 1. The Morgan fingerprint density at radius 1 is 0.741 bits per heavy atom. The molecule has 3 nitrogen and oxygen atoms in total. The van der Waals surface area contributed by atoms with Crippen molar-refractivity contribution in [3.63, 3.8) is 0 Å². The molecule has 1 aliphatic heterocycles. The zero-order valence-corrected chi connectivity index (χ0v) is 15.5. The molecule has 3 heteroatoms. The second-order valence-corrected chi connectivity index (χ2v) is 7.15. The molecule has 3 aromatic carbocycles. The average Bonchev–Trinajstić information content (AvgIpc) is 2.76. The van der Waals surface area contributed by atoms with Crippen LogP contribution in [0.4, 0.5) is 0 Å². The lowest BCUT2D eigenvalue weighted by Crippen LogP contribution is -3.13. The maximum atomic E-state index is 12.6. The summed E-state index contributed by atoms with van der Waals surface area (Å²) in [6.45, 7) is 4.66. The fraction of sp³-hybridized carbons (Fsp3) is 0.208. The topological polar surface area (TPSA) is 24.8 Å². The van der Waals surface area contributed by atoms with Gasteiger partial charge in [-0.2, -0.15) is 0 Å². The molecule has 1 saturated heterocycles. The number of benzene rings is 3. The SMILES string of the molecule is O=C(c1ccccc1)N1CC[NH+](Cc2ccc(-c3ccccc3)cc2)CC1. The largest absolute Gasteiger partial charge is 0.328 e. The highest BCUT2D eigenvalue weighted by Gasteiger charge is 2.24. The smallest absolute Gasteiger partial charge is 0.254 e. The van der Waals surface area contributed by atoms with E-state index in [9.17, 15) is 4.79 Å². The van der Waals surface area contributed by atoms with E-state index < -0.39 is 0 Å². The van der Waals surface area contributed by atoms with Crippen LogP contribution in [0.3, 0.4) is 0 Å². The maximum Gasteiger partial charge on any atom is 0.254 e. The van der Waals surface area contributed by atoms with Crippen LogP contribution in [-0.4, -0.2) is 37.0 Å². The molecule has 0 bridgehead atoms. The van der Waals surface area contributed by atoms with E-state index in [4.69, 9.17) is 0 Å². The van der Waals surface area contributed by atoms with Crippen molar-refractivity contribution < 1.29 is 9.69 Å². The van der Waals surface area contributed by atoms with Crippen molar-refractivity contribution in [2.75, 3.05) is 26.2 Å². The summed E-state index contributed by atoms with van der Waals surface area (Å²) < 4.78 is 0. The summed E-state index contributed by atoms with van der Waals surface area (Å²) in [5.74, 6) is 0.155. The molecule has 0 spiro atoms. The number of carbonyl (C=O) groups is 1. The van der Waals surface area contributed by atoms with Gasteiger partial charge >= 0.3 is 0 Å². The predicted molar refractivity (Wildman–Crippen MR) is 109 cm³/mol. The summed E-state index contributed by atoms with van der Waals surface area (Å²) in [5, 5.41) is 0. The highest BCUT2D eigenvalue weighted by Crippen LogP contribution is 2.19. The fourth-order valence-corrected chi connectivity index (χ4v) is 3.70. The molecule has 27 heavy (non-hydrogen) atoms. The zero-order chi connectivity index (χ0) is 18.5. The van der Waals surface area contributed by atoms with Crippen LogP contribution in [-0.2, 0) is 6.54 Å². The zero-order valence-electron chi connectivity index (χ0n) is 15.5. The first-order chi connectivity index (χ1) is 13.3. The Morgan fingerprint density at radius 3 is 1.93 bits per heavy atom. The van der Waals surface area contributed by atoms with Crippen LogP contribution in [0.25, 0.3) is 11.1 Å². The molecule has 0 aliphatic carbocycles. The molecule has 0 radical (unpaired) electrons. The van der Waals surface area contributed by atoms with Crippen molar-refractivity contribution in [1.82, 2.24) is 4.90 Å². The second-order valence-electron chi connectivity index (χ2n) is 7.15. The van der Waals surface area contributed by atoms with Gasteiger partial charge in [0.2, 0.25) is 0 Å². The summed E-state index contributed by atoms with van der Waals surface area (Å²) in [4.78, 5) is 16.1. The summed E-state index contributed by atoms with van der Waals surface area (Å²) in [5.41, 5.74) is 4.65. The van der Waals surface area contributed by atoms with Crippen LogP contribution < -0.4 is 4.90 Å². The van der Waals surface area contributed by atoms with Crippen LogP contribution in [0.5, 0.6) is 0 Å². The molecular weight excluding hydrogens is 332 g/mol. The number of nitrogens with one attached hydrogen (secondary N) is 1. The molecule has 0 saturated carbocycles. The lowest BCUT2D eigenvalue weighted by molar-refractivity contribution is -0.917. The minimum Gasteiger partial charge on any atom is -0.328 e. The third-order valence-electron chi connectivity index (χ3n) is 5.29. The van der Waals surface area contributed by atoms with Crippen LogP contribution >= 0.6 is 0 Å². The monoisotopic (exact) mass is 357 g/mol. The van der Waals surface area contributed by atoms with Gasteiger partial charge in [-0.15, -0.1) is 0 Å². The van der Waals surface area contributed by atoms with E-state index in [-0.39, 0.29) is 5.91 Å². The van der Waals surface area contributed by atoms with Gasteiger partial charge in [-0.1, -0.05) is 72.8 Å². The van der Waals surface area contributed by atoms with E-state index in [1.54, 1.807) is 4.90 Å². The van der Waals surface area contributed by atoms with E-state index in [1.807, 2.05) is 41.3 Å². The van der Waals surface area contributed by atoms with E-state index >= 15 is 0 Å². The molecular formula is C24H25N2O+. The number of piperazine rings is 1. The minimum absolute atomic E-state index is 0.155. The normalized spacial score (nSPS) is 14.9. The van der Waals surface area contributed by atoms with Gasteiger partial charge in [0.15, 0.2) is 0 Å². The molecule has 0 unspecified atom stereocenters. The van der Waals surface area contributed by atoms with Gasteiger partial charge in [0.1, 0.15) is 6.54 Å². The number of rotatable bonds is 4. The molecule has 1 N–H and O–H groups in total. The third-order valence-corrected chi connectivity index (χ3v) is 5.29. The first-order valence-electron chi connectivity index (χ1n) is 9.62. The molecule has 1 fully saturated rings. The van der Waals surface area contributed by atoms with E-state index in [1.165, 1.54) is 16.7 Å². The van der Waals surface area contributed by atoms with Crippen molar-refractivity contribution in [3.8, 4) is 11.1 Å². The van der Waals surface area contributed by atoms with Crippen molar-refractivity contribution in [3.05, 3.63) is 96.1 Å². The van der Waals surface area contributed by atoms with E-state index in [0.29, 0.717) is 0 Å². The Hall–Kier alpha value is -2.91. The van der Waals surface area contributed by atoms with Gasteiger partial charge in [0.05, 0.1) is 26.2 Å². The third kappa shape index (κ3) is 4.26. The Kier molecular flexibility index (Phi) is 5.31. The lowest BCUT2D eigenvalue weighted by Gasteiger charge is -2.32. The quantitative estimate of drug-likeness (QED) is 0.763. The number of hydrogen-bond donors (Lipinski definition) is 1. The van der Waals surface area contributed by atoms with E-state index in [2.05, 4.69) is 48.5 Å². The first-order valence-corrected chi connectivity index (χ1v) is 9.62. The first kappa shape index (κ1) is 17.5. The van der Waals surface area contributed by atoms with E-state index in [0.717, 1.165) is 38.3 Å². The van der Waals surface area contributed by atoms with Gasteiger partial charge in [0.25, 0.3) is 5.91 Å². The Bertz CT molecular complexity index is 867. The molecule has 3 aromatic rings. The molecule has 1 aliphatic rings. The number of carbonyl (C=O) groups excluding carboxylic acids is 1. The highest BCUT2D eigenvalue weighted by atomic mass is 16.2. The summed E-state index contributed by atoms with van der Waals surface area (Å²) in [6.07, 6.45) is 0. The number of quaternary nitrogens is 1. The van der Waals surface area contributed by atoms with Crippen molar-refractivity contribution in [1.29, 1.82) is 0 Å². The average molecular weight is 357 g/mol. The van der Waals surface area contributed by atoms with Crippen molar-refractivity contribution >= 4 is 5.91 Å². The Morgan fingerprint density at radius 2 is 1.30 bits per heavy atom. The number of hydrogen-bond acceptors (Lipinski definition) is 1. The molecule has 1 heterocycles. The molecule has 0 atom stereocenters. The van der Waals surface area contributed by atoms with Gasteiger partial charge in [-0.05, 0) is 23.3 Å². The van der Waals surface area contributed by atoms with Crippen LogP contribution in [0.15, 0.2) is 84.9 Å².